The lowest BCUT2D eigenvalue weighted by Gasteiger charge is -2.00. The van der Waals surface area contributed by atoms with E-state index in [4.69, 9.17) is 0 Å². The highest BCUT2D eigenvalue weighted by Gasteiger charge is 1.96. The monoisotopic (exact) mass is 255 g/mol. The van der Waals surface area contributed by atoms with Crippen molar-refractivity contribution in [3.05, 3.63) is 36.2 Å². The van der Waals surface area contributed by atoms with Gasteiger partial charge >= 0.3 is 0 Å². The van der Waals surface area contributed by atoms with Gasteiger partial charge in [0.15, 0.2) is 0 Å². The summed E-state index contributed by atoms with van der Waals surface area (Å²) in [6.07, 6.45) is 6.37. The van der Waals surface area contributed by atoms with Crippen molar-refractivity contribution in [3.63, 3.8) is 0 Å². The minimum atomic E-state index is 0.519. The third-order valence-corrected chi connectivity index (χ3v) is 4.23. The third-order valence-electron chi connectivity index (χ3n) is 1.88. The summed E-state index contributed by atoms with van der Waals surface area (Å²) in [4.78, 5) is 4.22. The molecule has 88 valence electrons. The van der Waals surface area contributed by atoms with Crippen LogP contribution in [-0.2, 0) is 0 Å². The quantitative estimate of drug-likeness (QED) is 0.443. The summed E-state index contributed by atoms with van der Waals surface area (Å²) in [7, 11) is 3.47. The van der Waals surface area contributed by atoms with E-state index >= 15 is 0 Å². The first-order chi connectivity index (χ1) is 7.83. The lowest BCUT2D eigenvalue weighted by molar-refractivity contribution is 0.384. The van der Waals surface area contributed by atoms with Crippen LogP contribution in [0.2, 0.25) is 0 Å². The van der Waals surface area contributed by atoms with Gasteiger partial charge in [0.25, 0.3) is 0 Å². The fourth-order valence-electron chi connectivity index (χ4n) is 1.15. The van der Waals surface area contributed by atoms with Gasteiger partial charge in [-0.05, 0) is 41.8 Å². The third kappa shape index (κ3) is 6.08. The minimum absolute atomic E-state index is 0.519. The molecular weight excluding hydrogens is 238 g/mol. The molecule has 0 amide bonds. The Kier molecular flexibility index (Phi) is 7.17. The fourth-order valence-corrected chi connectivity index (χ4v) is 3.11. The maximum Gasteiger partial charge on any atom is 0.106 e. The van der Waals surface area contributed by atoms with Gasteiger partial charge in [-0.2, -0.15) is 0 Å². The molecule has 1 aromatic rings. The molecule has 0 bridgehead atoms. The van der Waals surface area contributed by atoms with Crippen LogP contribution in [0.5, 0.6) is 0 Å². The maximum atomic E-state index is 9.40. The lowest BCUT2D eigenvalue weighted by Crippen LogP contribution is -1.84. The molecule has 0 spiro atoms. The van der Waals surface area contributed by atoms with Gasteiger partial charge in [0.05, 0.1) is 5.76 Å². The molecule has 0 aliphatic carbocycles. The molecule has 0 aliphatic heterocycles. The smallest absolute Gasteiger partial charge is 0.106 e. The zero-order chi connectivity index (χ0) is 11.6. The van der Waals surface area contributed by atoms with Gasteiger partial charge in [-0.3, -0.25) is 0 Å². The SMILES string of the molecule is CC/C=C(/O)CCCSSc1ccccn1. The van der Waals surface area contributed by atoms with Crippen LogP contribution in [-0.4, -0.2) is 15.8 Å². The van der Waals surface area contributed by atoms with Crippen LogP contribution in [0, 0.1) is 0 Å². The molecular formula is C12H17NOS2. The Balaban J connectivity index is 2.07. The Bertz CT molecular complexity index is 314. The average Bonchev–Trinajstić information content (AvgIpc) is 2.30. The molecule has 0 aromatic carbocycles. The number of hydrogen-bond acceptors (Lipinski definition) is 4. The molecule has 0 saturated carbocycles. The summed E-state index contributed by atoms with van der Waals surface area (Å²) in [6.45, 7) is 2.03. The standard InChI is InChI=1S/C12H17NOS2/c1-2-6-11(14)7-5-10-15-16-12-8-3-4-9-13-12/h3-4,6,8-9,14H,2,5,7,10H2,1H3/b11-6+. The van der Waals surface area contributed by atoms with Gasteiger partial charge in [-0.1, -0.05) is 23.8 Å². The Morgan fingerprint density at radius 2 is 2.38 bits per heavy atom. The summed E-state index contributed by atoms with van der Waals surface area (Å²) >= 11 is 0. The van der Waals surface area contributed by atoms with Crippen molar-refractivity contribution >= 4 is 21.6 Å². The van der Waals surface area contributed by atoms with Crippen LogP contribution in [0.25, 0.3) is 0 Å². The van der Waals surface area contributed by atoms with Gasteiger partial charge in [-0.15, -0.1) is 0 Å². The molecule has 0 fully saturated rings. The number of nitrogens with zero attached hydrogens (tertiary/aromatic N) is 1. The Hall–Kier alpha value is -0.610. The topological polar surface area (TPSA) is 33.1 Å². The Morgan fingerprint density at radius 3 is 3.06 bits per heavy atom. The second kappa shape index (κ2) is 8.53. The van der Waals surface area contributed by atoms with Gasteiger partial charge in [0.2, 0.25) is 0 Å². The van der Waals surface area contributed by atoms with Crippen molar-refractivity contribution in [1.82, 2.24) is 4.98 Å². The first kappa shape index (κ1) is 13.5. The summed E-state index contributed by atoms with van der Waals surface area (Å²) < 4.78 is 0. The molecule has 16 heavy (non-hydrogen) atoms. The van der Waals surface area contributed by atoms with Crippen LogP contribution in [0.4, 0.5) is 0 Å². The molecule has 0 radical (unpaired) electrons. The van der Waals surface area contributed by atoms with Crippen LogP contribution >= 0.6 is 21.6 Å². The van der Waals surface area contributed by atoms with Crippen molar-refractivity contribution in [1.29, 1.82) is 0 Å². The van der Waals surface area contributed by atoms with E-state index in [2.05, 4.69) is 4.98 Å². The highest BCUT2D eigenvalue weighted by molar-refractivity contribution is 8.76. The number of rotatable bonds is 7. The molecule has 0 unspecified atom stereocenters. The Morgan fingerprint density at radius 1 is 1.50 bits per heavy atom. The number of allylic oxidation sites excluding steroid dienone is 2. The number of aromatic nitrogens is 1. The van der Waals surface area contributed by atoms with E-state index in [9.17, 15) is 5.11 Å². The molecule has 1 aromatic heterocycles. The van der Waals surface area contributed by atoms with Crippen molar-refractivity contribution in [3.8, 4) is 0 Å². The van der Waals surface area contributed by atoms with E-state index in [-0.39, 0.29) is 0 Å². The maximum absolute atomic E-state index is 9.40. The van der Waals surface area contributed by atoms with Crippen LogP contribution in [0.1, 0.15) is 26.2 Å². The van der Waals surface area contributed by atoms with Crippen LogP contribution in [0.3, 0.4) is 0 Å². The van der Waals surface area contributed by atoms with E-state index in [0.717, 1.165) is 30.0 Å². The number of aliphatic hydroxyl groups is 1. The summed E-state index contributed by atoms with van der Waals surface area (Å²) in [5.74, 6) is 1.55. The molecule has 0 aliphatic rings. The van der Waals surface area contributed by atoms with Crippen molar-refractivity contribution < 1.29 is 5.11 Å². The number of pyridine rings is 1. The van der Waals surface area contributed by atoms with Gasteiger partial charge in [-0.25, -0.2) is 4.98 Å². The van der Waals surface area contributed by atoms with Crippen LogP contribution < -0.4 is 0 Å². The average molecular weight is 255 g/mol. The minimum Gasteiger partial charge on any atom is -0.513 e. The summed E-state index contributed by atoms with van der Waals surface area (Å²) in [5, 5.41) is 10.4. The highest BCUT2D eigenvalue weighted by Crippen LogP contribution is 2.29. The molecule has 0 saturated heterocycles. The lowest BCUT2D eigenvalue weighted by atomic mass is 10.2. The summed E-state index contributed by atoms with van der Waals surface area (Å²) in [6, 6.07) is 5.92. The zero-order valence-electron chi connectivity index (χ0n) is 9.43. The van der Waals surface area contributed by atoms with E-state index in [1.54, 1.807) is 27.8 Å². The van der Waals surface area contributed by atoms with Gasteiger partial charge < -0.3 is 5.11 Å². The second-order valence-electron chi connectivity index (χ2n) is 3.28. The molecule has 0 atom stereocenters. The predicted octanol–water partition coefficient (Wildman–Crippen LogP) is 4.45. The van der Waals surface area contributed by atoms with Gasteiger partial charge in [0, 0.05) is 18.4 Å². The van der Waals surface area contributed by atoms with E-state index in [0.29, 0.717) is 5.76 Å². The van der Waals surface area contributed by atoms with Gasteiger partial charge in [0.1, 0.15) is 5.03 Å². The molecule has 4 heteroatoms. The predicted molar refractivity (Wildman–Crippen MR) is 72.8 cm³/mol. The zero-order valence-corrected chi connectivity index (χ0v) is 11.1. The number of aliphatic hydroxyl groups excluding tert-OH is 1. The molecule has 1 rings (SSSR count). The first-order valence-electron chi connectivity index (χ1n) is 5.41. The second-order valence-corrected chi connectivity index (χ2v) is 5.72. The first-order valence-corrected chi connectivity index (χ1v) is 7.73. The Labute approximate surface area is 105 Å². The molecule has 1 N–H and O–H groups in total. The van der Waals surface area contributed by atoms with Crippen molar-refractivity contribution in [2.75, 3.05) is 5.75 Å². The summed E-state index contributed by atoms with van der Waals surface area (Å²) in [5.41, 5.74) is 0. The van der Waals surface area contributed by atoms with E-state index in [1.165, 1.54) is 0 Å². The molecule has 1 heterocycles. The molecule has 2 nitrogen and oxygen atoms in total. The van der Waals surface area contributed by atoms with Crippen LogP contribution in [0.15, 0.2) is 41.3 Å². The van der Waals surface area contributed by atoms with Crippen molar-refractivity contribution in [2.45, 2.75) is 31.2 Å². The fraction of sp³-hybridized carbons (Fsp3) is 0.417. The van der Waals surface area contributed by atoms with E-state index in [1.807, 2.05) is 31.2 Å². The highest BCUT2D eigenvalue weighted by atomic mass is 33.1. The van der Waals surface area contributed by atoms with Crippen molar-refractivity contribution in [2.24, 2.45) is 0 Å². The normalized spacial score (nSPS) is 11.7. The number of hydrogen-bond donors (Lipinski definition) is 1. The largest absolute Gasteiger partial charge is 0.513 e. The van der Waals surface area contributed by atoms with E-state index < -0.39 is 0 Å².